The Bertz CT molecular complexity index is 916. The highest BCUT2D eigenvalue weighted by molar-refractivity contribution is 7.99. The van der Waals surface area contributed by atoms with Gasteiger partial charge in [-0.1, -0.05) is 53.7 Å². The third kappa shape index (κ3) is 6.32. The number of aromatic nitrogens is 3. The number of rotatable bonds is 10. The van der Waals surface area contributed by atoms with Crippen LogP contribution in [0.25, 0.3) is 11.4 Å². The first kappa shape index (κ1) is 21.4. The van der Waals surface area contributed by atoms with E-state index < -0.39 is 0 Å². The zero-order chi connectivity index (χ0) is 20.5. The van der Waals surface area contributed by atoms with Gasteiger partial charge in [-0.25, -0.2) is 0 Å². The first-order chi connectivity index (χ1) is 14.2. The van der Waals surface area contributed by atoms with E-state index >= 15 is 0 Å². The Hall–Kier alpha value is -2.35. The minimum Gasteiger partial charge on any atom is -0.385 e. The van der Waals surface area contributed by atoms with Crippen LogP contribution in [0.3, 0.4) is 0 Å². The number of carbonyl (C=O) groups is 1. The van der Waals surface area contributed by atoms with Gasteiger partial charge in [0.25, 0.3) is 0 Å². The number of ether oxygens (including phenoxy) is 1. The van der Waals surface area contributed by atoms with E-state index in [1.165, 1.54) is 11.8 Å². The number of nitrogens with one attached hydrogen (secondary N) is 1. The van der Waals surface area contributed by atoms with Crippen LogP contribution >= 0.6 is 23.4 Å². The van der Waals surface area contributed by atoms with Crippen LogP contribution in [0.15, 0.2) is 59.8 Å². The Morgan fingerprint density at radius 1 is 1.14 bits per heavy atom. The van der Waals surface area contributed by atoms with Crippen molar-refractivity contribution < 1.29 is 9.53 Å². The minimum atomic E-state index is -0.0339. The summed E-state index contributed by atoms with van der Waals surface area (Å²) >= 11 is 7.40. The maximum absolute atomic E-state index is 12.1. The van der Waals surface area contributed by atoms with Gasteiger partial charge in [-0.05, 0) is 36.2 Å². The minimum absolute atomic E-state index is 0.0339. The van der Waals surface area contributed by atoms with Gasteiger partial charge in [0.2, 0.25) is 5.91 Å². The molecule has 0 fully saturated rings. The van der Waals surface area contributed by atoms with Gasteiger partial charge >= 0.3 is 0 Å². The van der Waals surface area contributed by atoms with E-state index in [1.807, 2.05) is 47.0 Å². The molecule has 29 heavy (non-hydrogen) atoms. The summed E-state index contributed by atoms with van der Waals surface area (Å²) < 4.78 is 7.02. The third-order valence-electron chi connectivity index (χ3n) is 4.18. The van der Waals surface area contributed by atoms with Crippen LogP contribution in [0.4, 0.5) is 0 Å². The SMILES string of the molecule is COCCCNC(=O)CSc1nnc(-c2ccc(Cl)cc2)n1Cc1ccccc1. The predicted molar refractivity (Wildman–Crippen MR) is 116 cm³/mol. The maximum atomic E-state index is 12.1. The summed E-state index contributed by atoms with van der Waals surface area (Å²) in [6.45, 7) is 1.84. The molecular weight excluding hydrogens is 408 g/mol. The van der Waals surface area contributed by atoms with E-state index in [0.717, 1.165) is 23.4 Å². The fourth-order valence-electron chi connectivity index (χ4n) is 2.74. The van der Waals surface area contributed by atoms with Crippen molar-refractivity contribution in [1.82, 2.24) is 20.1 Å². The standard InChI is InChI=1S/C21H23ClN4O2S/c1-28-13-5-12-23-19(27)15-29-21-25-24-20(17-8-10-18(22)11-9-17)26(21)14-16-6-3-2-4-7-16/h2-4,6-11H,5,12-15H2,1H3,(H,23,27). The summed E-state index contributed by atoms with van der Waals surface area (Å²) in [4.78, 5) is 12.1. The van der Waals surface area contributed by atoms with Crippen LogP contribution in [-0.2, 0) is 16.1 Å². The van der Waals surface area contributed by atoms with Gasteiger partial charge in [-0.2, -0.15) is 0 Å². The molecule has 8 heteroatoms. The Labute approximate surface area is 179 Å². The van der Waals surface area contributed by atoms with Gasteiger partial charge in [-0.3, -0.25) is 9.36 Å². The molecule has 6 nitrogen and oxygen atoms in total. The van der Waals surface area contributed by atoms with Crippen molar-refractivity contribution in [2.75, 3.05) is 26.0 Å². The van der Waals surface area contributed by atoms with Crippen LogP contribution in [0.2, 0.25) is 5.02 Å². The monoisotopic (exact) mass is 430 g/mol. The highest BCUT2D eigenvalue weighted by atomic mass is 35.5. The molecule has 0 saturated heterocycles. The quantitative estimate of drug-likeness (QED) is 0.390. The average molecular weight is 431 g/mol. The van der Waals surface area contributed by atoms with E-state index in [1.54, 1.807) is 7.11 Å². The molecule has 0 radical (unpaired) electrons. The molecule has 3 aromatic rings. The van der Waals surface area contributed by atoms with Crippen molar-refractivity contribution >= 4 is 29.3 Å². The lowest BCUT2D eigenvalue weighted by Crippen LogP contribution is -2.27. The zero-order valence-corrected chi connectivity index (χ0v) is 17.7. The van der Waals surface area contributed by atoms with Crippen molar-refractivity contribution in [2.24, 2.45) is 0 Å². The number of methoxy groups -OCH3 is 1. The molecule has 0 unspecified atom stereocenters. The number of amides is 1. The lowest BCUT2D eigenvalue weighted by Gasteiger charge is -2.11. The van der Waals surface area contributed by atoms with Crippen molar-refractivity contribution in [3.63, 3.8) is 0 Å². The second-order valence-corrected chi connectivity index (χ2v) is 7.75. The Morgan fingerprint density at radius 2 is 1.90 bits per heavy atom. The van der Waals surface area contributed by atoms with Crippen LogP contribution in [0, 0.1) is 0 Å². The molecular formula is C21H23ClN4O2S. The van der Waals surface area contributed by atoms with E-state index in [4.69, 9.17) is 16.3 Å². The fourth-order valence-corrected chi connectivity index (χ4v) is 3.64. The Balaban J connectivity index is 1.75. The predicted octanol–water partition coefficient (Wildman–Crippen LogP) is 3.89. The average Bonchev–Trinajstić information content (AvgIpc) is 3.13. The van der Waals surface area contributed by atoms with E-state index in [9.17, 15) is 4.79 Å². The molecule has 1 N–H and O–H groups in total. The first-order valence-corrected chi connectivity index (χ1v) is 10.6. The highest BCUT2D eigenvalue weighted by Gasteiger charge is 2.16. The largest absolute Gasteiger partial charge is 0.385 e. The molecule has 0 saturated carbocycles. The van der Waals surface area contributed by atoms with Gasteiger partial charge in [0.15, 0.2) is 11.0 Å². The van der Waals surface area contributed by atoms with Gasteiger partial charge in [0.05, 0.1) is 12.3 Å². The molecule has 0 spiro atoms. The number of hydrogen-bond acceptors (Lipinski definition) is 5. The molecule has 0 aliphatic heterocycles. The number of halogens is 1. The second kappa shape index (κ2) is 11.0. The van der Waals surface area contributed by atoms with Crippen molar-refractivity contribution in [2.45, 2.75) is 18.1 Å². The van der Waals surface area contributed by atoms with Gasteiger partial charge < -0.3 is 10.1 Å². The van der Waals surface area contributed by atoms with Gasteiger partial charge in [0, 0.05) is 30.8 Å². The molecule has 1 heterocycles. The summed E-state index contributed by atoms with van der Waals surface area (Å²) in [5.74, 6) is 0.988. The zero-order valence-electron chi connectivity index (χ0n) is 16.2. The highest BCUT2D eigenvalue weighted by Crippen LogP contribution is 2.26. The third-order valence-corrected chi connectivity index (χ3v) is 5.40. The molecule has 1 aromatic heterocycles. The van der Waals surface area contributed by atoms with Crippen LogP contribution in [-0.4, -0.2) is 46.7 Å². The fraction of sp³-hybridized carbons (Fsp3) is 0.286. The number of hydrogen-bond donors (Lipinski definition) is 1. The summed E-state index contributed by atoms with van der Waals surface area (Å²) in [5.41, 5.74) is 2.06. The normalized spacial score (nSPS) is 10.8. The van der Waals surface area contributed by atoms with Crippen LogP contribution in [0.1, 0.15) is 12.0 Å². The Morgan fingerprint density at radius 3 is 2.62 bits per heavy atom. The lowest BCUT2D eigenvalue weighted by atomic mass is 10.2. The summed E-state index contributed by atoms with van der Waals surface area (Å²) in [5, 5.41) is 13.0. The van der Waals surface area contributed by atoms with Gasteiger partial charge in [0.1, 0.15) is 0 Å². The number of benzene rings is 2. The number of carbonyl (C=O) groups excluding carboxylic acids is 1. The molecule has 152 valence electrons. The van der Waals surface area contributed by atoms with Crippen LogP contribution < -0.4 is 5.32 Å². The summed E-state index contributed by atoms with van der Waals surface area (Å²) in [7, 11) is 1.65. The molecule has 0 aliphatic carbocycles. The van der Waals surface area contributed by atoms with E-state index in [0.29, 0.717) is 29.9 Å². The first-order valence-electron chi connectivity index (χ1n) is 9.29. The second-order valence-electron chi connectivity index (χ2n) is 6.37. The van der Waals surface area contributed by atoms with Crippen LogP contribution in [0.5, 0.6) is 0 Å². The molecule has 2 aromatic carbocycles. The number of thioether (sulfide) groups is 1. The van der Waals surface area contributed by atoms with Gasteiger partial charge in [-0.15, -0.1) is 10.2 Å². The Kier molecular flexibility index (Phi) is 8.10. The molecule has 1 amide bonds. The topological polar surface area (TPSA) is 69.0 Å². The number of nitrogens with zero attached hydrogens (tertiary/aromatic N) is 3. The maximum Gasteiger partial charge on any atom is 0.230 e. The summed E-state index contributed by atoms with van der Waals surface area (Å²) in [6.07, 6.45) is 0.789. The van der Waals surface area contributed by atoms with Crippen molar-refractivity contribution in [1.29, 1.82) is 0 Å². The molecule has 0 bridgehead atoms. The van der Waals surface area contributed by atoms with Crippen molar-refractivity contribution in [3.8, 4) is 11.4 Å². The van der Waals surface area contributed by atoms with Crippen molar-refractivity contribution in [3.05, 3.63) is 65.2 Å². The van der Waals surface area contributed by atoms with E-state index in [-0.39, 0.29) is 11.7 Å². The molecule has 0 atom stereocenters. The summed E-state index contributed by atoms with van der Waals surface area (Å²) in [6, 6.07) is 17.6. The molecule has 3 rings (SSSR count). The van der Waals surface area contributed by atoms with E-state index in [2.05, 4.69) is 27.6 Å². The smallest absolute Gasteiger partial charge is 0.230 e. The molecule has 0 aliphatic rings. The lowest BCUT2D eigenvalue weighted by molar-refractivity contribution is -0.118.